The van der Waals surface area contributed by atoms with Crippen LogP contribution in [0.25, 0.3) is 0 Å². The number of carbonyl (C=O) groups excluding carboxylic acids is 1. The number of anilines is 1. The zero-order valence-electron chi connectivity index (χ0n) is 11.9. The quantitative estimate of drug-likeness (QED) is 0.875. The molecule has 0 aliphatic carbocycles. The lowest BCUT2D eigenvalue weighted by Crippen LogP contribution is -2.35. The van der Waals surface area contributed by atoms with Crippen LogP contribution in [0.2, 0.25) is 0 Å². The van der Waals surface area contributed by atoms with E-state index in [4.69, 9.17) is 5.73 Å². The summed E-state index contributed by atoms with van der Waals surface area (Å²) in [6, 6.07) is 6.14. The van der Waals surface area contributed by atoms with Gasteiger partial charge >= 0.3 is 6.03 Å². The Morgan fingerprint density at radius 3 is 2.79 bits per heavy atom. The maximum Gasteiger partial charge on any atom is 0.321 e. The lowest BCUT2D eigenvalue weighted by Gasteiger charge is -2.27. The Kier molecular flexibility index (Phi) is 4.10. The first kappa shape index (κ1) is 13.9. The third-order valence-corrected chi connectivity index (χ3v) is 3.61. The highest BCUT2D eigenvalue weighted by molar-refractivity contribution is 5.92. The van der Waals surface area contributed by atoms with Crippen molar-refractivity contribution in [2.24, 2.45) is 11.7 Å². The Hall–Kier alpha value is -1.55. The highest BCUT2D eigenvalue weighted by Gasteiger charge is 2.20. The van der Waals surface area contributed by atoms with Crippen molar-refractivity contribution in [1.29, 1.82) is 0 Å². The van der Waals surface area contributed by atoms with Crippen molar-refractivity contribution >= 4 is 11.7 Å². The second kappa shape index (κ2) is 5.61. The third kappa shape index (κ3) is 3.26. The Morgan fingerprint density at radius 1 is 1.37 bits per heavy atom. The van der Waals surface area contributed by atoms with Gasteiger partial charge in [0.05, 0.1) is 0 Å². The maximum atomic E-state index is 11.5. The van der Waals surface area contributed by atoms with E-state index >= 15 is 0 Å². The predicted octanol–water partition coefficient (Wildman–Crippen LogP) is 3.10. The Balaban J connectivity index is 2.12. The van der Waals surface area contributed by atoms with E-state index in [-0.39, 0.29) is 12.1 Å². The van der Waals surface area contributed by atoms with Gasteiger partial charge < -0.3 is 16.0 Å². The number of fused-ring (bicyclic) bond motifs is 1. The van der Waals surface area contributed by atoms with Crippen molar-refractivity contribution in [3.8, 4) is 0 Å². The van der Waals surface area contributed by atoms with Gasteiger partial charge in [-0.2, -0.15) is 0 Å². The van der Waals surface area contributed by atoms with Crippen LogP contribution in [0.5, 0.6) is 0 Å². The van der Waals surface area contributed by atoms with Gasteiger partial charge in [0.25, 0.3) is 0 Å². The molecule has 2 amide bonds. The van der Waals surface area contributed by atoms with Gasteiger partial charge in [-0.25, -0.2) is 4.79 Å². The molecule has 3 N–H and O–H groups in total. The fourth-order valence-corrected chi connectivity index (χ4v) is 2.31. The average Bonchev–Trinajstić information content (AvgIpc) is 2.36. The van der Waals surface area contributed by atoms with Crippen LogP contribution in [0.4, 0.5) is 10.5 Å². The lowest BCUT2D eigenvalue weighted by molar-refractivity contribution is 0.218. The van der Waals surface area contributed by atoms with E-state index in [1.807, 2.05) is 12.1 Å². The summed E-state index contributed by atoms with van der Waals surface area (Å²) in [5.74, 6) is 0.675. The SMILES string of the molecule is CC(C)CCC(N)c1ccc2c(c1)CN(C)C(=O)N2. The van der Waals surface area contributed by atoms with Gasteiger partial charge in [-0.3, -0.25) is 0 Å². The van der Waals surface area contributed by atoms with Gasteiger partial charge in [0.15, 0.2) is 0 Å². The van der Waals surface area contributed by atoms with Crippen LogP contribution in [0.15, 0.2) is 18.2 Å². The molecule has 0 saturated heterocycles. The first-order valence-electron chi connectivity index (χ1n) is 6.88. The van der Waals surface area contributed by atoms with Gasteiger partial charge in [0.2, 0.25) is 0 Å². The zero-order valence-corrected chi connectivity index (χ0v) is 11.9. The van der Waals surface area contributed by atoms with E-state index < -0.39 is 0 Å². The van der Waals surface area contributed by atoms with E-state index in [0.717, 1.165) is 29.7 Å². The molecule has 1 atom stereocenters. The molecule has 0 aromatic heterocycles. The maximum absolute atomic E-state index is 11.5. The Labute approximate surface area is 115 Å². The van der Waals surface area contributed by atoms with Crippen molar-refractivity contribution in [2.75, 3.05) is 12.4 Å². The fourth-order valence-electron chi connectivity index (χ4n) is 2.31. The van der Waals surface area contributed by atoms with Crippen molar-refractivity contribution in [3.63, 3.8) is 0 Å². The molecule has 0 bridgehead atoms. The largest absolute Gasteiger partial charge is 0.324 e. The number of benzene rings is 1. The number of urea groups is 1. The molecule has 1 aliphatic rings. The molecule has 1 aromatic rings. The van der Waals surface area contributed by atoms with Crippen molar-refractivity contribution < 1.29 is 4.79 Å². The second-order valence-electron chi connectivity index (χ2n) is 5.78. The molecule has 0 fully saturated rings. The fraction of sp³-hybridized carbons (Fsp3) is 0.533. The average molecular weight is 261 g/mol. The van der Waals surface area contributed by atoms with Gasteiger partial charge in [-0.15, -0.1) is 0 Å². The topological polar surface area (TPSA) is 58.4 Å². The molecule has 104 valence electrons. The molecule has 1 aliphatic heterocycles. The van der Waals surface area contributed by atoms with Crippen LogP contribution in [-0.2, 0) is 6.54 Å². The summed E-state index contributed by atoms with van der Waals surface area (Å²) in [5.41, 5.74) is 9.44. The smallest absolute Gasteiger partial charge is 0.321 e. The molecule has 0 saturated carbocycles. The molecule has 0 radical (unpaired) electrons. The molecule has 1 unspecified atom stereocenters. The van der Waals surface area contributed by atoms with Crippen LogP contribution >= 0.6 is 0 Å². The molecular weight excluding hydrogens is 238 g/mol. The Bertz CT molecular complexity index is 470. The monoisotopic (exact) mass is 261 g/mol. The van der Waals surface area contributed by atoms with Gasteiger partial charge in [0.1, 0.15) is 0 Å². The van der Waals surface area contributed by atoms with Crippen LogP contribution in [0.1, 0.15) is 43.9 Å². The summed E-state index contributed by atoms with van der Waals surface area (Å²) < 4.78 is 0. The minimum absolute atomic E-state index is 0.0515. The van der Waals surface area contributed by atoms with E-state index in [1.165, 1.54) is 0 Å². The summed E-state index contributed by atoms with van der Waals surface area (Å²) in [5, 5.41) is 2.87. The summed E-state index contributed by atoms with van der Waals surface area (Å²) in [4.78, 5) is 13.2. The standard InChI is InChI=1S/C15H23N3O/c1-10(2)4-6-13(16)11-5-7-14-12(8-11)9-18(3)15(19)17-14/h5,7-8,10,13H,4,6,9,16H2,1-3H3,(H,17,19). The van der Waals surface area contributed by atoms with Crippen LogP contribution in [0.3, 0.4) is 0 Å². The molecular formula is C15H23N3O. The van der Waals surface area contributed by atoms with E-state index in [1.54, 1.807) is 11.9 Å². The number of carbonyl (C=O) groups is 1. The zero-order chi connectivity index (χ0) is 14.0. The minimum Gasteiger partial charge on any atom is -0.324 e. The van der Waals surface area contributed by atoms with Gasteiger partial charge in [0, 0.05) is 25.3 Å². The van der Waals surface area contributed by atoms with Crippen molar-refractivity contribution in [1.82, 2.24) is 4.90 Å². The van der Waals surface area contributed by atoms with E-state index in [2.05, 4.69) is 25.2 Å². The number of nitrogens with one attached hydrogen (secondary N) is 1. The number of hydrogen-bond donors (Lipinski definition) is 2. The molecule has 0 spiro atoms. The number of nitrogens with zero attached hydrogens (tertiary/aromatic N) is 1. The lowest BCUT2D eigenvalue weighted by atomic mass is 9.96. The number of amides is 2. The highest BCUT2D eigenvalue weighted by atomic mass is 16.2. The summed E-state index contributed by atoms with van der Waals surface area (Å²) >= 11 is 0. The van der Waals surface area contributed by atoms with Gasteiger partial charge in [-0.05, 0) is 36.0 Å². The second-order valence-corrected chi connectivity index (χ2v) is 5.78. The first-order valence-corrected chi connectivity index (χ1v) is 6.88. The molecule has 1 aromatic carbocycles. The van der Waals surface area contributed by atoms with Crippen LogP contribution < -0.4 is 11.1 Å². The number of nitrogens with two attached hydrogens (primary N) is 1. The first-order chi connectivity index (χ1) is 8.97. The Morgan fingerprint density at radius 2 is 2.11 bits per heavy atom. The van der Waals surface area contributed by atoms with Crippen molar-refractivity contribution in [2.45, 2.75) is 39.3 Å². The van der Waals surface area contributed by atoms with Crippen LogP contribution in [0, 0.1) is 5.92 Å². The molecule has 4 heteroatoms. The van der Waals surface area contributed by atoms with E-state index in [9.17, 15) is 4.79 Å². The summed E-state index contributed by atoms with van der Waals surface area (Å²) in [6.07, 6.45) is 2.13. The van der Waals surface area contributed by atoms with Crippen LogP contribution in [-0.4, -0.2) is 18.0 Å². The molecule has 19 heavy (non-hydrogen) atoms. The van der Waals surface area contributed by atoms with Gasteiger partial charge in [-0.1, -0.05) is 26.0 Å². The number of rotatable bonds is 4. The predicted molar refractivity (Wildman–Crippen MR) is 77.9 cm³/mol. The highest BCUT2D eigenvalue weighted by Crippen LogP contribution is 2.27. The third-order valence-electron chi connectivity index (χ3n) is 3.61. The minimum atomic E-state index is -0.0515. The number of hydrogen-bond acceptors (Lipinski definition) is 2. The molecule has 1 heterocycles. The van der Waals surface area contributed by atoms with E-state index in [0.29, 0.717) is 12.5 Å². The molecule has 4 nitrogen and oxygen atoms in total. The normalized spacial score (nSPS) is 16.3. The molecule has 2 rings (SSSR count). The van der Waals surface area contributed by atoms with Crippen molar-refractivity contribution in [3.05, 3.63) is 29.3 Å². The summed E-state index contributed by atoms with van der Waals surface area (Å²) in [6.45, 7) is 5.07. The summed E-state index contributed by atoms with van der Waals surface area (Å²) in [7, 11) is 1.80.